The number of hydrogen-bond acceptors (Lipinski definition) is 4. The standard InChI is InChI=1S/C23H38N4O3/c1-22(2,3)29-16-18-10-8-9-17(13-18)14-25-20(24-7)27-12-11-19(15-27)26-21(28)30-23(4,5)6/h8-10,13,19H,11-12,14-16H2,1-7H3,(H,24,25)(H,26,28). The maximum atomic E-state index is 12.0. The van der Waals surface area contributed by atoms with Gasteiger partial charge in [0.1, 0.15) is 5.60 Å². The van der Waals surface area contributed by atoms with E-state index in [0.29, 0.717) is 19.7 Å². The maximum absolute atomic E-state index is 12.0. The van der Waals surface area contributed by atoms with Gasteiger partial charge in [0.15, 0.2) is 5.96 Å². The molecule has 1 aliphatic rings. The van der Waals surface area contributed by atoms with Crippen molar-refractivity contribution in [3.63, 3.8) is 0 Å². The van der Waals surface area contributed by atoms with E-state index in [9.17, 15) is 4.79 Å². The number of alkyl carbamates (subject to hydrolysis) is 1. The summed E-state index contributed by atoms with van der Waals surface area (Å²) in [6, 6.07) is 8.44. The highest BCUT2D eigenvalue weighted by Crippen LogP contribution is 2.14. The molecule has 1 aliphatic heterocycles. The summed E-state index contributed by atoms with van der Waals surface area (Å²) in [4.78, 5) is 18.6. The molecule has 30 heavy (non-hydrogen) atoms. The first-order valence-electron chi connectivity index (χ1n) is 10.6. The molecule has 0 saturated carbocycles. The van der Waals surface area contributed by atoms with Gasteiger partial charge in [0.25, 0.3) is 0 Å². The number of carbonyl (C=O) groups excluding carboxylic acids is 1. The van der Waals surface area contributed by atoms with Crippen molar-refractivity contribution >= 4 is 12.1 Å². The molecule has 1 aromatic rings. The van der Waals surface area contributed by atoms with Crippen LogP contribution >= 0.6 is 0 Å². The molecule has 0 spiro atoms. The van der Waals surface area contributed by atoms with Gasteiger partial charge in [-0.25, -0.2) is 4.79 Å². The van der Waals surface area contributed by atoms with E-state index in [1.165, 1.54) is 5.56 Å². The van der Waals surface area contributed by atoms with Crippen LogP contribution in [0.1, 0.15) is 59.1 Å². The Morgan fingerprint density at radius 1 is 1.17 bits per heavy atom. The Balaban J connectivity index is 1.85. The summed E-state index contributed by atoms with van der Waals surface area (Å²) < 4.78 is 11.2. The van der Waals surface area contributed by atoms with E-state index >= 15 is 0 Å². The SMILES string of the molecule is CN=C(NCc1cccc(COC(C)(C)C)c1)N1CCC(NC(=O)OC(C)(C)C)C1. The van der Waals surface area contributed by atoms with Crippen LogP contribution in [0.5, 0.6) is 0 Å². The molecular formula is C23H38N4O3. The van der Waals surface area contributed by atoms with Crippen LogP contribution in [0.2, 0.25) is 0 Å². The van der Waals surface area contributed by atoms with Crippen molar-refractivity contribution < 1.29 is 14.3 Å². The number of hydrogen-bond donors (Lipinski definition) is 2. The van der Waals surface area contributed by atoms with Crippen molar-refractivity contribution in [2.75, 3.05) is 20.1 Å². The highest BCUT2D eigenvalue weighted by molar-refractivity contribution is 5.80. The Kier molecular flexibility index (Phi) is 8.12. The number of benzene rings is 1. The number of carbonyl (C=O) groups is 1. The van der Waals surface area contributed by atoms with Crippen LogP contribution in [0.25, 0.3) is 0 Å². The van der Waals surface area contributed by atoms with Crippen molar-refractivity contribution in [3.8, 4) is 0 Å². The molecule has 2 N–H and O–H groups in total. The third kappa shape index (κ3) is 8.61. The molecular weight excluding hydrogens is 380 g/mol. The Labute approximate surface area is 181 Å². The summed E-state index contributed by atoms with van der Waals surface area (Å²) in [5, 5.41) is 6.38. The number of ether oxygens (including phenoxy) is 2. The minimum absolute atomic E-state index is 0.0521. The van der Waals surface area contributed by atoms with E-state index in [1.807, 2.05) is 20.8 Å². The third-order valence-corrected chi connectivity index (χ3v) is 4.53. The second kappa shape index (κ2) is 10.2. The zero-order valence-electron chi connectivity index (χ0n) is 19.5. The first-order chi connectivity index (χ1) is 13.9. The average molecular weight is 419 g/mol. The van der Waals surface area contributed by atoms with Gasteiger partial charge in [-0.05, 0) is 59.1 Å². The van der Waals surface area contributed by atoms with Gasteiger partial charge in [-0.1, -0.05) is 24.3 Å². The molecule has 1 amide bonds. The minimum atomic E-state index is -0.494. The maximum Gasteiger partial charge on any atom is 0.407 e. The summed E-state index contributed by atoms with van der Waals surface area (Å²) in [5.74, 6) is 0.833. The molecule has 0 bridgehead atoms. The fourth-order valence-corrected chi connectivity index (χ4v) is 3.19. The van der Waals surface area contributed by atoms with Gasteiger partial charge < -0.3 is 25.0 Å². The number of rotatable bonds is 5. The summed E-state index contributed by atoms with van der Waals surface area (Å²) in [6.45, 7) is 14.6. The van der Waals surface area contributed by atoms with Crippen molar-refractivity contribution in [2.45, 2.75) is 78.4 Å². The van der Waals surface area contributed by atoms with E-state index in [4.69, 9.17) is 9.47 Å². The largest absolute Gasteiger partial charge is 0.444 e. The number of guanidine groups is 1. The highest BCUT2D eigenvalue weighted by Gasteiger charge is 2.27. The van der Waals surface area contributed by atoms with Crippen LogP contribution < -0.4 is 10.6 Å². The van der Waals surface area contributed by atoms with Crippen LogP contribution in [0, 0.1) is 0 Å². The molecule has 1 aromatic carbocycles. The molecule has 0 aliphatic carbocycles. The van der Waals surface area contributed by atoms with Crippen LogP contribution in [0.15, 0.2) is 29.3 Å². The fraction of sp³-hybridized carbons (Fsp3) is 0.652. The van der Waals surface area contributed by atoms with Crippen molar-refractivity contribution in [1.29, 1.82) is 0 Å². The normalized spacial score (nSPS) is 17.8. The van der Waals surface area contributed by atoms with Crippen molar-refractivity contribution in [1.82, 2.24) is 15.5 Å². The van der Waals surface area contributed by atoms with Crippen molar-refractivity contribution in [3.05, 3.63) is 35.4 Å². The molecule has 0 radical (unpaired) electrons. The van der Waals surface area contributed by atoms with Gasteiger partial charge in [0.05, 0.1) is 18.2 Å². The molecule has 1 saturated heterocycles. The third-order valence-electron chi connectivity index (χ3n) is 4.53. The first-order valence-corrected chi connectivity index (χ1v) is 10.6. The molecule has 1 unspecified atom stereocenters. The second-order valence-electron chi connectivity index (χ2n) is 9.70. The lowest BCUT2D eigenvalue weighted by Gasteiger charge is -2.23. The molecule has 2 rings (SSSR count). The second-order valence-corrected chi connectivity index (χ2v) is 9.70. The van der Waals surface area contributed by atoms with Gasteiger partial charge in [-0.15, -0.1) is 0 Å². The zero-order chi connectivity index (χ0) is 22.4. The molecule has 0 aromatic heterocycles. The molecule has 7 nitrogen and oxygen atoms in total. The number of aliphatic imine (C=N–C) groups is 1. The van der Waals surface area contributed by atoms with Gasteiger partial charge in [-0.3, -0.25) is 4.99 Å². The fourth-order valence-electron chi connectivity index (χ4n) is 3.19. The van der Waals surface area contributed by atoms with Crippen LogP contribution in [-0.4, -0.2) is 54.3 Å². The van der Waals surface area contributed by atoms with Gasteiger partial charge in [0, 0.05) is 26.7 Å². The van der Waals surface area contributed by atoms with Gasteiger partial charge >= 0.3 is 6.09 Å². The predicted octanol–water partition coefficient (Wildman–Crippen LogP) is 3.68. The number of likely N-dealkylation sites (tertiary alicyclic amines) is 1. The van der Waals surface area contributed by atoms with E-state index in [-0.39, 0.29) is 17.7 Å². The topological polar surface area (TPSA) is 75.2 Å². The number of nitrogens with zero attached hydrogens (tertiary/aromatic N) is 2. The molecule has 7 heteroatoms. The average Bonchev–Trinajstić information content (AvgIpc) is 3.07. The lowest BCUT2D eigenvalue weighted by atomic mass is 10.1. The predicted molar refractivity (Wildman–Crippen MR) is 121 cm³/mol. The Bertz CT molecular complexity index is 735. The quantitative estimate of drug-likeness (QED) is 0.564. The summed E-state index contributed by atoms with van der Waals surface area (Å²) in [5.41, 5.74) is 1.68. The van der Waals surface area contributed by atoms with E-state index < -0.39 is 5.60 Å². The Hall–Kier alpha value is -2.28. The first kappa shape index (κ1) is 24.0. The lowest BCUT2D eigenvalue weighted by molar-refractivity contribution is -0.0149. The van der Waals surface area contributed by atoms with Crippen LogP contribution in [0.4, 0.5) is 4.79 Å². The molecule has 1 atom stereocenters. The van der Waals surface area contributed by atoms with Crippen molar-refractivity contribution in [2.24, 2.45) is 4.99 Å². The zero-order valence-corrected chi connectivity index (χ0v) is 19.5. The summed E-state index contributed by atoms with van der Waals surface area (Å²) in [7, 11) is 1.78. The monoisotopic (exact) mass is 418 g/mol. The molecule has 1 fully saturated rings. The summed E-state index contributed by atoms with van der Waals surface area (Å²) in [6.07, 6.45) is 0.492. The van der Waals surface area contributed by atoms with E-state index in [2.05, 4.69) is 65.6 Å². The smallest absolute Gasteiger partial charge is 0.407 e. The highest BCUT2D eigenvalue weighted by atomic mass is 16.6. The minimum Gasteiger partial charge on any atom is -0.444 e. The number of amides is 1. The van der Waals surface area contributed by atoms with Crippen LogP contribution in [0.3, 0.4) is 0 Å². The van der Waals surface area contributed by atoms with Gasteiger partial charge in [-0.2, -0.15) is 0 Å². The van der Waals surface area contributed by atoms with Gasteiger partial charge in [0.2, 0.25) is 0 Å². The Morgan fingerprint density at radius 2 is 1.87 bits per heavy atom. The lowest BCUT2D eigenvalue weighted by Crippen LogP contribution is -2.44. The van der Waals surface area contributed by atoms with E-state index in [0.717, 1.165) is 24.5 Å². The molecule has 1 heterocycles. The summed E-state index contributed by atoms with van der Waals surface area (Å²) >= 11 is 0. The molecule has 168 valence electrons. The number of nitrogens with one attached hydrogen (secondary N) is 2. The van der Waals surface area contributed by atoms with Crippen LogP contribution in [-0.2, 0) is 22.6 Å². The van der Waals surface area contributed by atoms with E-state index in [1.54, 1.807) is 7.05 Å². The Morgan fingerprint density at radius 3 is 2.50 bits per heavy atom.